The van der Waals surface area contributed by atoms with Crippen molar-refractivity contribution in [3.05, 3.63) is 72.3 Å². The number of ether oxygens (including phenoxy) is 2. The Kier molecular flexibility index (Phi) is 6.06. The number of carbonyl (C=O) groups excluding carboxylic acids is 2. The SMILES string of the molecule is C=C1COC(=O)CCCC(=O)OCC2(C1)CN(S(=O)(=O)c1ccccc1)c1ccccc12. The van der Waals surface area contributed by atoms with Crippen LogP contribution in [0.5, 0.6) is 0 Å². The number of hydrogen-bond donors (Lipinski definition) is 0. The van der Waals surface area contributed by atoms with Crippen molar-refractivity contribution in [2.45, 2.75) is 36.0 Å². The number of para-hydroxylation sites is 1. The van der Waals surface area contributed by atoms with Gasteiger partial charge in [0, 0.05) is 19.4 Å². The maximum Gasteiger partial charge on any atom is 0.306 e. The minimum atomic E-state index is -3.84. The van der Waals surface area contributed by atoms with E-state index in [2.05, 4.69) is 6.58 Å². The molecule has 1 atom stereocenters. The molecule has 0 amide bonds. The topological polar surface area (TPSA) is 90.0 Å². The van der Waals surface area contributed by atoms with Gasteiger partial charge in [0.25, 0.3) is 10.0 Å². The number of rotatable bonds is 2. The number of nitrogens with zero attached hydrogens (tertiary/aromatic N) is 1. The van der Waals surface area contributed by atoms with Crippen LogP contribution in [0, 0.1) is 0 Å². The Morgan fingerprint density at radius 1 is 0.906 bits per heavy atom. The Morgan fingerprint density at radius 3 is 2.31 bits per heavy atom. The molecule has 7 nitrogen and oxygen atoms in total. The van der Waals surface area contributed by atoms with Crippen molar-refractivity contribution in [3.8, 4) is 0 Å². The Morgan fingerprint density at radius 2 is 1.56 bits per heavy atom. The van der Waals surface area contributed by atoms with E-state index in [1.54, 1.807) is 42.5 Å². The molecule has 1 fully saturated rings. The first-order chi connectivity index (χ1) is 15.3. The summed E-state index contributed by atoms with van der Waals surface area (Å²) in [6.07, 6.45) is 0.882. The zero-order valence-electron chi connectivity index (χ0n) is 17.7. The molecule has 0 radical (unpaired) electrons. The third kappa shape index (κ3) is 4.27. The van der Waals surface area contributed by atoms with Crippen molar-refractivity contribution in [2.75, 3.05) is 24.1 Å². The average Bonchev–Trinajstić information content (AvgIpc) is 3.12. The van der Waals surface area contributed by atoms with E-state index in [1.807, 2.05) is 12.1 Å². The summed E-state index contributed by atoms with van der Waals surface area (Å²) in [7, 11) is -3.84. The third-order valence-corrected chi connectivity index (χ3v) is 7.59. The molecule has 0 bridgehead atoms. The number of hydrogen-bond acceptors (Lipinski definition) is 6. The maximum absolute atomic E-state index is 13.5. The van der Waals surface area contributed by atoms with Gasteiger partial charge in [0.2, 0.25) is 0 Å². The van der Waals surface area contributed by atoms with Gasteiger partial charge in [-0.2, -0.15) is 0 Å². The minimum Gasteiger partial charge on any atom is -0.465 e. The summed E-state index contributed by atoms with van der Waals surface area (Å²) in [6, 6.07) is 15.5. The summed E-state index contributed by atoms with van der Waals surface area (Å²) < 4.78 is 39.3. The molecule has 0 saturated carbocycles. The average molecular weight is 456 g/mol. The number of sulfonamides is 1. The lowest BCUT2D eigenvalue weighted by molar-refractivity contribution is -0.147. The molecule has 32 heavy (non-hydrogen) atoms. The Balaban J connectivity index is 1.75. The van der Waals surface area contributed by atoms with E-state index in [-0.39, 0.29) is 37.5 Å². The summed E-state index contributed by atoms with van der Waals surface area (Å²) in [5.74, 6) is -0.820. The van der Waals surface area contributed by atoms with Crippen LogP contribution in [-0.2, 0) is 34.5 Å². The van der Waals surface area contributed by atoms with E-state index >= 15 is 0 Å². The summed E-state index contributed by atoms with van der Waals surface area (Å²) in [5.41, 5.74) is 1.10. The van der Waals surface area contributed by atoms with Crippen molar-refractivity contribution >= 4 is 27.6 Å². The molecule has 8 heteroatoms. The van der Waals surface area contributed by atoms with Crippen LogP contribution in [0.25, 0.3) is 0 Å². The quantitative estimate of drug-likeness (QED) is 0.510. The standard InChI is InChI=1S/C24H25NO6S/c1-18-14-24(17-31-23(27)13-7-12-22(26)30-15-18)16-25(21-11-6-5-10-20(21)24)32(28,29)19-8-3-2-4-9-19/h2-6,8-11H,1,7,12-17H2. The lowest BCUT2D eigenvalue weighted by Gasteiger charge is -2.31. The fourth-order valence-corrected chi connectivity index (χ4v) is 5.89. The number of benzene rings is 2. The highest BCUT2D eigenvalue weighted by molar-refractivity contribution is 7.92. The van der Waals surface area contributed by atoms with Crippen molar-refractivity contribution in [1.82, 2.24) is 0 Å². The van der Waals surface area contributed by atoms with Crippen LogP contribution in [-0.4, -0.2) is 40.1 Å². The number of fused-ring (bicyclic) bond motifs is 2. The van der Waals surface area contributed by atoms with Gasteiger partial charge in [-0.15, -0.1) is 0 Å². The van der Waals surface area contributed by atoms with Crippen molar-refractivity contribution in [2.24, 2.45) is 0 Å². The second-order valence-corrected chi connectivity index (χ2v) is 10.1. The fraction of sp³-hybridized carbons (Fsp3) is 0.333. The molecule has 2 aromatic rings. The molecular weight excluding hydrogens is 430 g/mol. The van der Waals surface area contributed by atoms with E-state index in [4.69, 9.17) is 9.47 Å². The summed E-state index contributed by atoms with van der Waals surface area (Å²) in [5, 5.41) is 0. The molecule has 168 valence electrons. The van der Waals surface area contributed by atoms with Gasteiger partial charge in [0.15, 0.2) is 0 Å². The number of cyclic esters (lactones) is 2. The number of carbonyl (C=O) groups is 2. The van der Waals surface area contributed by atoms with Gasteiger partial charge < -0.3 is 9.47 Å². The fourth-order valence-electron chi connectivity index (χ4n) is 4.30. The van der Waals surface area contributed by atoms with Crippen LogP contribution in [0.4, 0.5) is 5.69 Å². The molecule has 2 heterocycles. The van der Waals surface area contributed by atoms with Gasteiger partial charge in [-0.25, -0.2) is 8.42 Å². The van der Waals surface area contributed by atoms with E-state index in [0.29, 0.717) is 24.1 Å². The smallest absolute Gasteiger partial charge is 0.306 e. The lowest BCUT2D eigenvalue weighted by Crippen LogP contribution is -2.41. The van der Waals surface area contributed by atoms with Gasteiger partial charge in [-0.3, -0.25) is 13.9 Å². The third-order valence-electron chi connectivity index (χ3n) is 5.82. The molecule has 2 aliphatic rings. The van der Waals surface area contributed by atoms with Crippen molar-refractivity contribution in [3.63, 3.8) is 0 Å². The monoisotopic (exact) mass is 455 g/mol. The first-order valence-electron chi connectivity index (χ1n) is 10.5. The summed E-state index contributed by atoms with van der Waals surface area (Å²) in [6.45, 7) is 4.19. The highest BCUT2D eigenvalue weighted by Crippen LogP contribution is 2.46. The minimum absolute atomic E-state index is 0.0105. The van der Waals surface area contributed by atoms with E-state index in [1.165, 1.54) is 4.31 Å². The molecule has 4 rings (SSSR count). The van der Waals surface area contributed by atoms with E-state index in [9.17, 15) is 18.0 Å². The van der Waals surface area contributed by atoms with Gasteiger partial charge in [0.05, 0.1) is 16.0 Å². The van der Waals surface area contributed by atoms with Crippen LogP contribution in [0.2, 0.25) is 0 Å². The molecule has 0 aromatic heterocycles. The van der Waals surface area contributed by atoms with Gasteiger partial charge >= 0.3 is 11.9 Å². The van der Waals surface area contributed by atoms with Crippen LogP contribution in [0.1, 0.15) is 31.2 Å². The van der Waals surface area contributed by atoms with Crippen LogP contribution < -0.4 is 4.31 Å². The predicted molar refractivity (Wildman–Crippen MR) is 119 cm³/mol. The normalized spacial score (nSPS) is 22.5. The second-order valence-electron chi connectivity index (χ2n) is 8.22. The highest BCUT2D eigenvalue weighted by atomic mass is 32.2. The van der Waals surface area contributed by atoms with Crippen LogP contribution >= 0.6 is 0 Å². The number of anilines is 1. The van der Waals surface area contributed by atoms with E-state index < -0.39 is 27.4 Å². The van der Waals surface area contributed by atoms with Gasteiger partial charge in [-0.1, -0.05) is 43.0 Å². The molecule has 1 unspecified atom stereocenters. The van der Waals surface area contributed by atoms with Gasteiger partial charge in [0.1, 0.15) is 13.2 Å². The van der Waals surface area contributed by atoms with E-state index in [0.717, 1.165) is 5.56 Å². The summed E-state index contributed by atoms with van der Waals surface area (Å²) >= 11 is 0. The van der Waals surface area contributed by atoms with Crippen LogP contribution in [0.15, 0.2) is 71.6 Å². The molecule has 2 aliphatic heterocycles. The zero-order chi connectivity index (χ0) is 22.8. The Labute approximate surface area is 187 Å². The first kappa shape index (κ1) is 22.1. The first-order valence-corrected chi connectivity index (χ1v) is 11.9. The van der Waals surface area contributed by atoms with Crippen molar-refractivity contribution in [1.29, 1.82) is 0 Å². The van der Waals surface area contributed by atoms with Gasteiger partial charge in [-0.05, 0) is 42.2 Å². The number of esters is 2. The highest BCUT2D eigenvalue weighted by Gasteiger charge is 2.48. The molecule has 0 aliphatic carbocycles. The molecular formula is C24H25NO6S. The largest absolute Gasteiger partial charge is 0.465 e. The van der Waals surface area contributed by atoms with Crippen LogP contribution in [0.3, 0.4) is 0 Å². The molecule has 2 aromatic carbocycles. The molecule has 1 spiro atoms. The summed E-state index contributed by atoms with van der Waals surface area (Å²) in [4.78, 5) is 24.4. The van der Waals surface area contributed by atoms with Crippen molar-refractivity contribution < 1.29 is 27.5 Å². The maximum atomic E-state index is 13.5. The molecule has 1 saturated heterocycles. The lowest BCUT2D eigenvalue weighted by atomic mass is 9.78. The second kappa shape index (κ2) is 8.78. The zero-order valence-corrected chi connectivity index (χ0v) is 18.5. The Hall–Kier alpha value is -3.13. The predicted octanol–water partition coefficient (Wildman–Crippen LogP) is 3.35. The Bertz CT molecular complexity index is 1140. The molecule has 0 N–H and O–H groups in total.